The van der Waals surface area contributed by atoms with Crippen LogP contribution in [0.3, 0.4) is 0 Å². The lowest BCUT2D eigenvalue weighted by molar-refractivity contribution is 0.326. The second-order valence-electron chi connectivity index (χ2n) is 3.35. The highest BCUT2D eigenvalue weighted by Crippen LogP contribution is 2.21. The van der Waals surface area contributed by atoms with E-state index < -0.39 is 0 Å². The van der Waals surface area contributed by atoms with Crippen LogP contribution in [-0.2, 0) is 0 Å². The molecule has 0 fully saturated rings. The van der Waals surface area contributed by atoms with E-state index in [0.717, 1.165) is 5.75 Å². The van der Waals surface area contributed by atoms with Gasteiger partial charge in [-0.3, -0.25) is 0 Å². The molecule has 0 spiro atoms. The summed E-state index contributed by atoms with van der Waals surface area (Å²) in [5.41, 5.74) is 1.40. The number of rotatable bonds is 4. The molecule has 0 heterocycles. The summed E-state index contributed by atoms with van der Waals surface area (Å²) in [6.45, 7) is 0. The molecule has 1 unspecified atom stereocenters. The molecule has 72 valence electrons. The molecule has 0 aliphatic heterocycles. The Labute approximate surface area is 85.1 Å². The highest BCUT2D eigenvalue weighted by atomic mass is 32.2. The maximum absolute atomic E-state index is 2.27. The first-order chi connectivity index (χ1) is 6.25. The van der Waals surface area contributed by atoms with Crippen molar-refractivity contribution in [3.8, 4) is 0 Å². The summed E-state index contributed by atoms with van der Waals surface area (Å²) in [5, 5.41) is 0. The average molecular weight is 195 g/mol. The van der Waals surface area contributed by atoms with Gasteiger partial charge in [-0.15, -0.1) is 0 Å². The van der Waals surface area contributed by atoms with E-state index >= 15 is 0 Å². The van der Waals surface area contributed by atoms with Crippen LogP contribution in [0.1, 0.15) is 11.6 Å². The van der Waals surface area contributed by atoms with Crippen LogP contribution in [0.15, 0.2) is 30.3 Å². The van der Waals surface area contributed by atoms with Crippen LogP contribution in [0.5, 0.6) is 0 Å². The fourth-order valence-corrected chi connectivity index (χ4v) is 2.18. The zero-order valence-corrected chi connectivity index (χ0v) is 9.34. The molecular formula is C11H17NS. The van der Waals surface area contributed by atoms with E-state index in [9.17, 15) is 0 Å². The normalized spacial score (nSPS) is 13.2. The first-order valence-electron chi connectivity index (χ1n) is 4.46. The van der Waals surface area contributed by atoms with Crippen molar-refractivity contribution in [2.24, 2.45) is 0 Å². The monoisotopic (exact) mass is 195 g/mol. The highest BCUT2D eigenvalue weighted by Gasteiger charge is 2.11. The summed E-state index contributed by atoms with van der Waals surface area (Å²) in [5.74, 6) is 1.15. The van der Waals surface area contributed by atoms with Gasteiger partial charge in [-0.05, 0) is 25.9 Å². The van der Waals surface area contributed by atoms with Crippen molar-refractivity contribution in [2.75, 3.05) is 26.1 Å². The van der Waals surface area contributed by atoms with Crippen LogP contribution in [0.25, 0.3) is 0 Å². The maximum Gasteiger partial charge on any atom is 0.0432 e. The zero-order chi connectivity index (χ0) is 9.68. The van der Waals surface area contributed by atoms with Crippen molar-refractivity contribution in [1.82, 2.24) is 4.90 Å². The summed E-state index contributed by atoms with van der Waals surface area (Å²) in [4.78, 5) is 2.27. The largest absolute Gasteiger partial charge is 0.302 e. The van der Waals surface area contributed by atoms with Crippen LogP contribution in [0, 0.1) is 0 Å². The van der Waals surface area contributed by atoms with Gasteiger partial charge in [0.25, 0.3) is 0 Å². The summed E-state index contributed by atoms with van der Waals surface area (Å²) >= 11 is 1.89. The Hall–Kier alpha value is -0.470. The van der Waals surface area contributed by atoms with Crippen molar-refractivity contribution in [1.29, 1.82) is 0 Å². The summed E-state index contributed by atoms with van der Waals surface area (Å²) in [7, 11) is 4.27. The lowest BCUT2D eigenvalue weighted by Gasteiger charge is -2.23. The molecule has 0 aliphatic carbocycles. The summed E-state index contributed by atoms with van der Waals surface area (Å²) in [6, 6.07) is 11.2. The zero-order valence-electron chi connectivity index (χ0n) is 8.53. The number of nitrogens with zero attached hydrogens (tertiary/aromatic N) is 1. The van der Waals surface area contributed by atoms with Gasteiger partial charge in [0.1, 0.15) is 0 Å². The van der Waals surface area contributed by atoms with Crippen molar-refractivity contribution >= 4 is 11.8 Å². The van der Waals surface area contributed by atoms with E-state index in [2.05, 4.69) is 55.6 Å². The van der Waals surface area contributed by atoms with Crippen LogP contribution in [0.2, 0.25) is 0 Å². The average Bonchev–Trinajstić information content (AvgIpc) is 2.15. The number of hydrogen-bond donors (Lipinski definition) is 0. The fraction of sp³-hybridized carbons (Fsp3) is 0.455. The minimum absolute atomic E-state index is 0.538. The second kappa shape index (κ2) is 5.30. The Bertz CT molecular complexity index is 233. The van der Waals surface area contributed by atoms with Gasteiger partial charge in [0, 0.05) is 11.8 Å². The Morgan fingerprint density at radius 3 is 2.31 bits per heavy atom. The molecule has 0 amide bonds. The molecule has 0 bridgehead atoms. The van der Waals surface area contributed by atoms with Gasteiger partial charge in [0.2, 0.25) is 0 Å². The molecule has 1 aromatic carbocycles. The Morgan fingerprint density at radius 1 is 1.23 bits per heavy atom. The Kier molecular flexibility index (Phi) is 4.33. The van der Waals surface area contributed by atoms with Gasteiger partial charge in [0.05, 0.1) is 0 Å². The van der Waals surface area contributed by atoms with Crippen LogP contribution < -0.4 is 0 Å². The van der Waals surface area contributed by atoms with Crippen molar-refractivity contribution in [2.45, 2.75) is 6.04 Å². The Balaban J connectivity index is 2.76. The first kappa shape index (κ1) is 10.6. The van der Waals surface area contributed by atoms with Crippen LogP contribution in [0.4, 0.5) is 0 Å². The predicted octanol–water partition coefficient (Wildman–Crippen LogP) is 2.65. The molecule has 1 nitrogen and oxygen atoms in total. The van der Waals surface area contributed by atoms with E-state index in [1.807, 2.05) is 11.8 Å². The molecule has 1 aromatic rings. The molecule has 0 aromatic heterocycles. The van der Waals surface area contributed by atoms with Crippen molar-refractivity contribution in [3.63, 3.8) is 0 Å². The predicted molar refractivity (Wildman–Crippen MR) is 61.3 cm³/mol. The molecule has 13 heavy (non-hydrogen) atoms. The third-order valence-corrected chi connectivity index (χ3v) is 2.78. The van der Waals surface area contributed by atoms with Gasteiger partial charge in [-0.2, -0.15) is 11.8 Å². The molecule has 0 N–H and O–H groups in total. The third-order valence-electron chi connectivity index (χ3n) is 2.13. The molecular weight excluding hydrogens is 178 g/mol. The van der Waals surface area contributed by atoms with E-state index in [-0.39, 0.29) is 0 Å². The van der Waals surface area contributed by atoms with Crippen molar-refractivity contribution in [3.05, 3.63) is 35.9 Å². The lowest BCUT2D eigenvalue weighted by Crippen LogP contribution is -2.21. The number of hydrogen-bond acceptors (Lipinski definition) is 2. The quantitative estimate of drug-likeness (QED) is 0.726. The second-order valence-corrected chi connectivity index (χ2v) is 4.26. The van der Waals surface area contributed by atoms with E-state index in [4.69, 9.17) is 0 Å². The molecule has 0 saturated heterocycles. The minimum Gasteiger partial charge on any atom is -0.302 e. The van der Waals surface area contributed by atoms with Gasteiger partial charge in [0.15, 0.2) is 0 Å². The van der Waals surface area contributed by atoms with Gasteiger partial charge < -0.3 is 4.90 Å². The van der Waals surface area contributed by atoms with Gasteiger partial charge >= 0.3 is 0 Å². The third kappa shape index (κ3) is 3.05. The van der Waals surface area contributed by atoms with Crippen molar-refractivity contribution < 1.29 is 0 Å². The van der Waals surface area contributed by atoms with Gasteiger partial charge in [-0.1, -0.05) is 30.3 Å². The maximum atomic E-state index is 2.27. The SMILES string of the molecule is CSCC(c1ccccc1)N(C)C. The lowest BCUT2D eigenvalue weighted by atomic mass is 10.1. The Morgan fingerprint density at radius 2 is 1.85 bits per heavy atom. The van der Waals surface area contributed by atoms with E-state index in [1.165, 1.54) is 5.56 Å². The standard InChI is InChI=1S/C11H17NS/c1-12(2)11(9-13-3)10-7-5-4-6-8-10/h4-8,11H,9H2,1-3H3. The molecule has 2 heteroatoms. The number of benzene rings is 1. The topological polar surface area (TPSA) is 3.24 Å². The molecule has 0 saturated carbocycles. The van der Waals surface area contributed by atoms with E-state index in [1.54, 1.807) is 0 Å². The van der Waals surface area contributed by atoms with E-state index in [0.29, 0.717) is 6.04 Å². The molecule has 0 radical (unpaired) electrons. The minimum atomic E-state index is 0.538. The van der Waals surface area contributed by atoms with Gasteiger partial charge in [-0.25, -0.2) is 0 Å². The van der Waals surface area contributed by atoms with Crippen LogP contribution in [-0.4, -0.2) is 31.0 Å². The smallest absolute Gasteiger partial charge is 0.0432 e. The first-order valence-corrected chi connectivity index (χ1v) is 5.85. The summed E-state index contributed by atoms with van der Waals surface area (Å²) < 4.78 is 0. The fourth-order valence-electron chi connectivity index (χ4n) is 1.38. The molecule has 0 aliphatic rings. The highest BCUT2D eigenvalue weighted by molar-refractivity contribution is 7.98. The summed E-state index contributed by atoms with van der Waals surface area (Å²) in [6.07, 6.45) is 2.15. The van der Waals surface area contributed by atoms with Crippen LogP contribution >= 0.6 is 11.8 Å². The molecule has 1 rings (SSSR count). The number of thioether (sulfide) groups is 1. The molecule has 1 atom stereocenters.